The second kappa shape index (κ2) is 11.5. The number of thiophene rings is 1. The van der Waals surface area contributed by atoms with Crippen molar-refractivity contribution < 1.29 is 30.2 Å². The second-order valence-corrected chi connectivity index (χ2v) is 16.4. The Morgan fingerprint density at radius 3 is 2.42 bits per heavy atom. The fourth-order valence-electron chi connectivity index (χ4n) is 7.17. The third-order valence-corrected chi connectivity index (χ3v) is 10.8. The molecular formula is C43H33N5O2PtS. The minimum atomic E-state index is -0.226. The smallest absolute Gasteiger partial charge is 0.503 e. The van der Waals surface area contributed by atoms with E-state index in [-0.39, 0.29) is 31.9 Å². The van der Waals surface area contributed by atoms with Crippen LogP contribution in [0, 0.1) is 12.1 Å². The molecule has 0 spiro atoms. The van der Waals surface area contributed by atoms with E-state index in [2.05, 4.69) is 111 Å². The molecule has 0 aliphatic carbocycles. The average molecular weight is 879 g/mol. The van der Waals surface area contributed by atoms with Gasteiger partial charge in [-0.25, -0.2) is 9.97 Å². The van der Waals surface area contributed by atoms with Crippen LogP contribution in [0.2, 0.25) is 0 Å². The van der Waals surface area contributed by atoms with Gasteiger partial charge in [-0.05, 0) is 47.5 Å². The maximum absolute atomic E-state index is 6.91. The summed E-state index contributed by atoms with van der Waals surface area (Å²) in [5.41, 5.74) is 9.41. The van der Waals surface area contributed by atoms with E-state index in [4.69, 9.17) is 24.1 Å². The molecule has 10 aromatic rings. The van der Waals surface area contributed by atoms with Crippen LogP contribution in [0.1, 0.15) is 52.7 Å². The molecule has 4 aromatic carbocycles. The number of hydrogen-bond acceptors (Lipinski definition) is 6. The first-order chi connectivity index (χ1) is 24.5. The molecule has 0 saturated carbocycles. The van der Waals surface area contributed by atoms with Crippen molar-refractivity contribution in [2.24, 2.45) is 0 Å². The van der Waals surface area contributed by atoms with E-state index in [1.54, 1.807) is 11.3 Å². The molecule has 0 N–H and O–H groups in total. The van der Waals surface area contributed by atoms with Gasteiger partial charge in [-0.15, -0.1) is 46.2 Å². The Bertz CT molecular complexity index is 2930. The van der Waals surface area contributed by atoms with Crippen LogP contribution >= 0.6 is 11.3 Å². The molecule has 6 heterocycles. The van der Waals surface area contributed by atoms with E-state index in [0.29, 0.717) is 17.2 Å². The monoisotopic (exact) mass is 878 g/mol. The first-order valence-corrected chi connectivity index (χ1v) is 17.9. The Hall–Kier alpha value is -5.04. The largest absolute Gasteiger partial charge is 2.00 e. The normalized spacial score (nSPS) is 12.7. The minimum absolute atomic E-state index is 0. The van der Waals surface area contributed by atoms with Gasteiger partial charge >= 0.3 is 21.1 Å². The van der Waals surface area contributed by atoms with Crippen molar-refractivity contribution in [2.75, 3.05) is 0 Å². The SMILES string of the molecule is CC(C)(C)c1cc(Oc2[c-]c(-n3c4ncccc4n4c5ccccc5nc34)ccc2C(C)(C)C)[c-]c(-c2cc3sc4cccc5oc(n2)c3c54)c1.[Pt+2]. The summed E-state index contributed by atoms with van der Waals surface area (Å²) in [4.78, 5) is 14.9. The topological polar surface area (TPSA) is 70.4 Å². The van der Waals surface area contributed by atoms with Gasteiger partial charge in [-0.2, -0.15) is 6.07 Å². The van der Waals surface area contributed by atoms with E-state index in [9.17, 15) is 0 Å². The van der Waals surface area contributed by atoms with Crippen LogP contribution in [-0.2, 0) is 31.9 Å². The molecule has 0 aliphatic rings. The standard InChI is InChI=1S/C43H33N5O2S.Pt/c1-42(2,3)25-19-24(30-23-36-38-37-33(50-40(38)45-30)14-9-15-35(37)51-36)20-27(21-25)49-34-22-26(16-17-28(34)43(4,5)6)47-39-32(13-10-18-44-39)48-31-12-8-7-11-29(31)46-41(47)48;/h7-19,21,23H,1-6H3;/q-2;+2. The Labute approximate surface area is 318 Å². The Morgan fingerprint density at radius 1 is 0.769 bits per heavy atom. The van der Waals surface area contributed by atoms with Crippen LogP contribution in [0.3, 0.4) is 0 Å². The van der Waals surface area contributed by atoms with Crippen molar-refractivity contribution in [1.82, 2.24) is 23.9 Å². The third kappa shape index (κ3) is 4.99. The number of pyridine rings is 2. The molecule has 0 aliphatic heterocycles. The van der Waals surface area contributed by atoms with Crippen molar-refractivity contribution in [3.8, 4) is 28.4 Å². The molecule has 0 radical (unpaired) electrons. The molecule has 0 amide bonds. The zero-order valence-corrected chi connectivity index (χ0v) is 32.5. The van der Waals surface area contributed by atoms with E-state index in [1.807, 2.05) is 42.6 Å². The summed E-state index contributed by atoms with van der Waals surface area (Å²) in [7, 11) is 0. The van der Waals surface area contributed by atoms with E-state index in [0.717, 1.165) is 77.1 Å². The Balaban J connectivity index is 0.00000360. The van der Waals surface area contributed by atoms with Crippen molar-refractivity contribution in [3.05, 3.63) is 114 Å². The molecule has 0 bridgehead atoms. The Kier molecular flexibility index (Phi) is 7.25. The molecule has 0 saturated heterocycles. The van der Waals surface area contributed by atoms with Crippen LogP contribution in [0.4, 0.5) is 0 Å². The molecule has 6 aromatic heterocycles. The first kappa shape index (κ1) is 32.8. The summed E-state index contributed by atoms with van der Waals surface area (Å²) >= 11 is 1.77. The number of para-hydroxylation sites is 2. The number of hydrogen-bond donors (Lipinski definition) is 0. The number of nitrogens with zero attached hydrogens (tertiary/aromatic N) is 5. The van der Waals surface area contributed by atoms with Crippen molar-refractivity contribution in [3.63, 3.8) is 0 Å². The number of benzene rings is 4. The molecule has 52 heavy (non-hydrogen) atoms. The summed E-state index contributed by atoms with van der Waals surface area (Å²) < 4.78 is 19.7. The third-order valence-electron chi connectivity index (χ3n) is 9.72. The van der Waals surface area contributed by atoms with Gasteiger partial charge in [0.05, 0.1) is 21.9 Å². The summed E-state index contributed by atoms with van der Waals surface area (Å²) in [5.74, 6) is 1.99. The summed E-state index contributed by atoms with van der Waals surface area (Å²) in [5, 5.41) is 2.24. The maximum atomic E-state index is 6.91. The molecule has 7 nitrogen and oxygen atoms in total. The number of ether oxygens (including phenoxy) is 1. The van der Waals surface area contributed by atoms with Gasteiger partial charge < -0.3 is 9.15 Å². The zero-order valence-electron chi connectivity index (χ0n) is 29.4. The number of imidazole rings is 2. The molecule has 258 valence electrons. The van der Waals surface area contributed by atoms with Gasteiger partial charge in [-0.1, -0.05) is 89.0 Å². The van der Waals surface area contributed by atoms with E-state index < -0.39 is 0 Å². The number of aromatic nitrogens is 5. The molecule has 0 atom stereocenters. The second-order valence-electron chi connectivity index (χ2n) is 15.3. The van der Waals surface area contributed by atoms with Gasteiger partial charge in [0.15, 0.2) is 5.65 Å². The van der Waals surface area contributed by atoms with Crippen molar-refractivity contribution in [1.29, 1.82) is 0 Å². The number of furan rings is 1. The van der Waals surface area contributed by atoms with Gasteiger partial charge in [0, 0.05) is 32.5 Å². The number of fused-ring (bicyclic) bond motifs is 5. The van der Waals surface area contributed by atoms with Crippen LogP contribution in [0.25, 0.3) is 76.4 Å². The minimum Gasteiger partial charge on any atom is -0.503 e. The van der Waals surface area contributed by atoms with Crippen LogP contribution in [0.5, 0.6) is 11.5 Å². The first-order valence-electron chi connectivity index (χ1n) is 17.1. The predicted molar refractivity (Wildman–Crippen MR) is 206 cm³/mol. The van der Waals surface area contributed by atoms with Crippen LogP contribution < -0.4 is 4.74 Å². The maximum Gasteiger partial charge on any atom is 2.00 e. The molecule has 10 rings (SSSR count). The fourth-order valence-corrected chi connectivity index (χ4v) is 8.32. The summed E-state index contributed by atoms with van der Waals surface area (Å²) in [6.07, 6.45) is 1.82. The van der Waals surface area contributed by atoms with E-state index >= 15 is 0 Å². The molecular weight excluding hydrogens is 846 g/mol. The predicted octanol–water partition coefficient (Wildman–Crippen LogP) is 11.4. The molecule has 0 unspecified atom stereocenters. The van der Waals surface area contributed by atoms with Crippen LogP contribution in [-0.4, -0.2) is 23.9 Å². The number of rotatable bonds is 4. The fraction of sp³-hybridized carbons (Fsp3) is 0.186. The van der Waals surface area contributed by atoms with Crippen LogP contribution in [0.15, 0.2) is 95.5 Å². The van der Waals surface area contributed by atoms with Gasteiger partial charge in [0.1, 0.15) is 5.58 Å². The average Bonchev–Trinajstić information content (AvgIpc) is 3.85. The van der Waals surface area contributed by atoms with Gasteiger partial charge in [0.2, 0.25) is 11.5 Å². The summed E-state index contributed by atoms with van der Waals surface area (Å²) in [6.45, 7) is 13.2. The van der Waals surface area contributed by atoms with Crippen molar-refractivity contribution in [2.45, 2.75) is 52.4 Å². The zero-order chi connectivity index (χ0) is 34.8. The van der Waals surface area contributed by atoms with Gasteiger partial charge in [0.25, 0.3) is 0 Å². The van der Waals surface area contributed by atoms with Crippen molar-refractivity contribution >= 4 is 70.8 Å². The van der Waals surface area contributed by atoms with Gasteiger partial charge in [-0.3, -0.25) is 14.0 Å². The summed E-state index contributed by atoms with van der Waals surface area (Å²) in [6, 6.07) is 36.3. The molecule has 0 fully saturated rings. The Morgan fingerprint density at radius 2 is 1.60 bits per heavy atom. The quantitative estimate of drug-likeness (QED) is 0.165. The van der Waals surface area contributed by atoms with E-state index in [1.165, 1.54) is 4.70 Å². The molecule has 9 heteroatoms.